The first-order valence-corrected chi connectivity index (χ1v) is 7.55. The Kier molecular flexibility index (Phi) is 5.37. The van der Waals surface area contributed by atoms with E-state index in [2.05, 4.69) is 74.6 Å². The van der Waals surface area contributed by atoms with Crippen molar-refractivity contribution in [3.63, 3.8) is 0 Å². The summed E-state index contributed by atoms with van der Waals surface area (Å²) >= 11 is 0. The van der Waals surface area contributed by atoms with Gasteiger partial charge in [-0.05, 0) is 37.0 Å². The van der Waals surface area contributed by atoms with Crippen molar-refractivity contribution in [2.75, 3.05) is 0 Å². The zero-order chi connectivity index (χ0) is 14.4. The molecule has 0 bridgehead atoms. The fraction of sp³-hybridized carbons (Fsp3) is 0.368. The van der Waals surface area contributed by atoms with Crippen LogP contribution in [0.1, 0.15) is 48.1 Å². The summed E-state index contributed by atoms with van der Waals surface area (Å²) in [6.07, 6.45) is 2.37. The van der Waals surface area contributed by atoms with Crippen LogP contribution in [-0.2, 0) is 6.54 Å². The summed E-state index contributed by atoms with van der Waals surface area (Å²) in [5, 5.41) is 3.71. The Morgan fingerprint density at radius 1 is 1.00 bits per heavy atom. The Morgan fingerprint density at radius 3 is 2.40 bits per heavy atom. The average Bonchev–Trinajstić information content (AvgIpc) is 2.46. The molecule has 0 fully saturated rings. The van der Waals surface area contributed by atoms with Crippen LogP contribution < -0.4 is 5.32 Å². The normalized spacial score (nSPS) is 12.3. The van der Waals surface area contributed by atoms with Gasteiger partial charge in [-0.25, -0.2) is 0 Å². The maximum atomic E-state index is 3.71. The van der Waals surface area contributed by atoms with Crippen molar-refractivity contribution in [3.05, 3.63) is 70.8 Å². The fourth-order valence-electron chi connectivity index (χ4n) is 2.64. The van der Waals surface area contributed by atoms with Crippen molar-refractivity contribution < 1.29 is 0 Å². The van der Waals surface area contributed by atoms with Crippen LogP contribution >= 0.6 is 0 Å². The molecule has 0 spiro atoms. The van der Waals surface area contributed by atoms with Gasteiger partial charge in [-0.1, -0.05) is 67.4 Å². The first-order chi connectivity index (χ1) is 9.70. The van der Waals surface area contributed by atoms with Crippen LogP contribution in [0.2, 0.25) is 0 Å². The maximum Gasteiger partial charge on any atom is 0.0323 e. The zero-order valence-corrected chi connectivity index (χ0v) is 12.8. The van der Waals surface area contributed by atoms with Gasteiger partial charge in [0.2, 0.25) is 0 Å². The molecule has 1 nitrogen and oxygen atoms in total. The highest BCUT2D eigenvalue weighted by Gasteiger charge is 2.10. The van der Waals surface area contributed by atoms with Gasteiger partial charge in [0.15, 0.2) is 0 Å². The second-order valence-corrected chi connectivity index (χ2v) is 5.56. The highest BCUT2D eigenvalue weighted by atomic mass is 14.9. The van der Waals surface area contributed by atoms with Gasteiger partial charge in [-0.15, -0.1) is 0 Å². The number of benzene rings is 2. The van der Waals surface area contributed by atoms with Crippen LogP contribution in [0.4, 0.5) is 0 Å². The SMILES string of the molecule is CCCC(NCc1ccc(C)cc1C)c1ccccc1. The lowest BCUT2D eigenvalue weighted by atomic mass is 10.0. The topological polar surface area (TPSA) is 12.0 Å². The lowest BCUT2D eigenvalue weighted by Crippen LogP contribution is -2.21. The van der Waals surface area contributed by atoms with Crippen molar-refractivity contribution in [3.8, 4) is 0 Å². The van der Waals surface area contributed by atoms with Gasteiger partial charge >= 0.3 is 0 Å². The summed E-state index contributed by atoms with van der Waals surface area (Å²) in [6.45, 7) is 7.52. The summed E-state index contributed by atoms with van der Waals surface area (Å²) in [4.78, 5) is 0. The molecule has 2 rings (SSSR count). The van der Waals surface area contributed by atoms with Crippen LogP contribution in [0.3, 0.4) is 0 Å². The molecule has 2 aromatic rings. The van der Waals surface area contributed by atoms with E-state index in [-0.39, 0.29) is 0 Å². The van der Waals surface area contributed by atoms with Gasteiger partial charge in [0, 0.05) is 12.6 Å². The van der Waals surface area contributed by atoms with E-state index >= 15 is 0 Å². The quantitative estimate of drug-likeness (QED) is 0.782. The Hall–Kier alpha value is -1.60. The lowest BCUT2D eigenvalue weighted by molar-refractivity contribution is 0.493. The van der Waals surface area contributed by atoms with Crippen LogP contribution in [0.25, 0.3) is 0 Å². The Labute approximate surface area is 123 Å². The summed E-state index contributed by atoms with van der Waals surface area (Å²) in [5.74, 6) is 0. The molecule has 106 valence electrons. The minimum Gasteiger partial charge on any atom is -0.306 e. The molecule has 0 aromatic heterocycles. The first-order valence-electron chi connectivity index (χ1n) is 7.55. The predicted molar refractivity (Wildman–Crippen MR) is 86.8 cm³/mol. The van der Waals surface area contributed by atoms with Gasteiger partial charge in [0.05, 0.1) is 0 Å². The standard InChI is InChI=1S/C19H25N/c1-4-8-19(17-9-6-5-7-10-17)20-14-18-12-11-15(2)13-16(18)3/h5-7,9-13,19-20H,4,8,14H2,1-3H3. The van der Waals surface area contributed by atoms with Gasteiger partial charge in [0.1, 0.15) is 0 Å². The minimum absolute atomic E-state index is 0.446. The van der Waals surface area contributed by atoms with E-state index in [0.717, 1.165) is 6.54 Å². The summed E-state index contributed by atoms with van der Waals surface area (Å²) in [6, 6.07) is 17.9. The highest BCUT2D eigenvalue weighted by Crippen LogP contribution is 2.19. The van der Waals surface area contributed by atoms with Gasteiger partial charge in [-0.2, -0.15) is 0 Å². The summed E-state index contributed by atoms with van der Waals surface area (Å²) in [7, 11) is 0. The molecule has 0 aliphatic rings. The Bertz CT molecular complexity index is 531. The molecule has 20 heavy (non-hydrogen) atoms. The van der Waals surface area contributed by atoms with Gasteiger partial charge in [-0.3, -0.25) is 0 Å². The van der Waals surface area contributed by atoms with E-state index in [1.54, 1.807) is 0 Å². The van der Waals surface area contributed by atoms with Crippen LogP contribution in [0.15, 0.2) is 48.5 Å². The largest absolute Gasteiger partial charge is 0.306 e. The molecule has 2 aromatic carbocycles. The molecule has 1 atom stereocenters. The Balaban J connectivity index is 2.06. The maximum absolute atomic E-state index is 3.71. The molecule has 1 unspecified atom stereocenters. The van der Waals surface area contributed by atoms with Gasteiger partial charge in [0.25, 0.3) is 0 Å². The molecule has 1 heteroatoms. The van der Waals surface area contributed by atoms with E-state index in [9.17, 15) is 0 Å². The molecule has 0 heterocycles. The lowest BCUT2D eigenvalue weighted by Gasteiger charge is -2.19. The second-order valence-electron chi connectivity index (χ2n) is 5.56. The third kappa shape index (κ3) is 3.94. The molecule has 0 saturated carbocycles. The molecule has 0 saturated heterocycles. The summed E-state index contributed by atoms with van der Waals surface area (Å²) in [5.41, 5.74) is 5.49. The number of aryl methyl sites for hydroxylation is 2. The van der Waals surface area contributed by atoms with E-state index in [1.807, 2.05) is 0 Å². The van der Waals surface area contributed by atoms with Gasteiger partial charge < -0.3 is 5.32 Å². The molecule has 0 amide bonds. The Morgan fingerprint density at radius 2 is 1.75 bits per heavy atom. The second kappa shape index (κ2) is 7.25. The fourth-order valence-corrected chi connectivity index (χ4v) is 2.64. The third-order valence-corrected chi connectivity index (χ3v) is 3.82. The minimum atomic E-state index is 0.446. The van der Waals surface area contributed by atoms with Crippen molar-refractivity contribution in [2.24, 2.45) is 0 Å². The molecule has 1 N–H and O–H groups in total. The number of hydrogen-bond acceptors (Lipinski definition) is 1. The average molecular weight is 267 g/mol. The van der Waals surface area contributed by atoms with Crippen molar-refractivity contribution in [1.29, 1.82) is 0 Å². The van der Waals surface area contributed by atoms with E-state index < -0.39 is 0 Å². The van der Waals surface area contributed by atoms with Crippen LogP contribution in [-0.4, -0.2) is 0 Å². The molecule has 0 aliphatic heterocycles. The van der Waals surface area contributed by atoms with E-state index in [1.165, 1.54) is 35.1 Å². The number of rotatable bonds is 6. The smallest absolute Gasteiger partial charge is 0.0323 e. The molecule has 0 radical (unpaired) electrons. The van der Waals surface area contributed by atoms with Crippen molar-refractivity contribution >= 4 is 0 Å². The first kappa shape index (κ1) is 14.8. The van der Waals surface area contributed by atoms with E-state index in [4.69, 9.17) is 0 Å². The number of nitrogens with one attached hydrogen (secondary N) is 1. The highest BCUT2D eigenvalue weighted by molar-refractivity contribution is 5.30. The van der Waals surface area contributed by atoms with E-state index in [0.29, 0.717) is 6.04 Å². The van der Waals surface area contributed by atoms with Crippen LogP contribution in [0.5, 0.6) is 0 Å². The third-order valence-electron chi connectivity index (χ3n) is 3.82. The zero-order valence-electron chi connectivity index (χ0n) is 12.8. The predicted octanol–water partition coefficient (Wildman–Crippen LogP) is 4.93. The number of hydrogen-bond donors (Lipinski definition) is 1. The van der Waals surface area contributed by atoms with Crippen molar-refractivity contribution in [1.82, 2.24) is 5.32 Å². The van der Waals surface area contributed by atoms with Crippen molar-refractivity contribution in [2.45, 2.75) is 46.2 Å². The monoisotopic (exact) mass is 267 g/mol. The molecular weight excluding hydrogens is 242 g/mol. The molecular formula is C19H25N. The summed E-state index contributed by atoms with van der Waals surface area (Å²) < 4.78 is 0. The van der Waals surface area contributed by atoms with Crippen LogP contribution in [0, 0.1) is 13.8 Å². The molecule has 0 aliphatic carbocycles.